The molecule has 23 heavy (non-hydrogen) atoms. The molecule has 1 aliphatic heterocycles. The highest BCUT2D eigenvalue weighted by Crippen LogP contribution is 2.28. The number of nitrogens with zero attached hydrogens (tertiary/aromatic N) is 1. The Bertz CT molecular complexity index is 812. The summed E-state index contributed by atoms with van der Waals surface area (Å²) in [6.07, 6.45) is 0.981. The number of aromatic amines is 1. The molecule has 7 heteroatoms. The third kappa shape index (κ3) is 2.92. The maximum Gasteiger partial charge on any atom is 0.352 e. The summed E-state index contributed by atoms with van der Waals surface area (Å²) in [6, 6.07) is 8.77. The summed E-state index contributed by atoms with van der Waals surface area (Å²) in [5, 5.41) is 13.0. The zero-order valence-electron chi connectivity index (χ0n) is 12.1. The van der Waals surface area contributed by atoms with E-state index in [1.54, 1.807) is 6.92 Å². The van der Waals surface area contributed by atoms with Gasteiger partial charge in [-0.05, 0) is 25.1 Å². The van der Waals surface area contributed by atoms with Crippen LogP contribution in [0, 0.1) is 5.92 Å². The number of hydrogen-bond acceptors (Lipinski definition) is 4. The van der Waals surface area contributed by atoms with E-state index in [0.29, 0.717) is 11.3 Å². The molecule has 1 aromatic heterocycles. The monoisotopic (exact) mass is 376 g/mol. The molecule has 2 atom stereocenters. The maximum atomic E-state index is 12.8. The lowest BCUT2D eigenvalue weighted by Gasteiger charge is -2.13. The number of oxime groups is 1. The quantitative estimate of drug-likeness (QED) is 0.801. The first-order valence-electron chi connectivity index (χ1n) is 6.93. The number of carboxylic acid groups (broad SMARTS) is 1. The van der Waals surface area contributed by atoms with Crippen molar-refractivity contribution in [1.29, 1.82) is 0 Å². The number of benzene rings is 1. The molecule has 6 nitrogen and oxygen atoms in total. The van der Waals surface area contributed by atoms with Gasteiger partial charge < -0.3 is 14.9 Å². The number of aromatic carboxylic acids is 1. The minimum absolute atomic E-state index is 0.0270. The van der Waals surface area contributed by atoms with E-state index in [2.05, 4.69) is 26.1 Å². The molecular formula is C16H13BrN2O4. The molecule has 0 amide bonds. The van der Waals surface area contributed by atoms with Crippen molar-refractivity contribution in [3.8, 4) is 0 Å². The topological polar surface area (TPSA) is 91.8 Å². The second kappa shape index (κ2) is 6.00. The summed E-state index contributed by atoms with van der Waals surface area (Å²) in [7, 11) is 0. The highest BCUT2D eigenvalue weighted by molar-refractivity contribution is 9.10. The van der Waals surface area contributed by atoms with Crippen LogP contribution in [-0.4, -0.2) is 33.7 Å². The first-order valence-corrected chi connectivity index (χ1v) is 7.72. The van der Waals surface area contributed by atoms with E-state index in [0.717, 1.165) is 10.0 Å². The van der Waals surface area contributed by atoms with Crippen molar-refractivity contribution in [1.82, 2.24) is 4.98 Å². The summed E-state index contributed by atoms with van der Waals surface area (Å²) in [5.74, 6) is -1.92. The van der Waals surface area contributed by atoms with Crippen molar-refractivity contribution in [2.45, 2.75) is 13.0 Å². The van der Waals surface area contributed by atoms with Crippen LogP contribution in [0.1, 0.15) is 33.3 Å². The van der Waals surface area contributed by atoms with Crippen LogP contribution in [0.2, 0.25) is 0 Å². The molecule has 1 aliphatic rings. The van der Waals surface area contributed by atoms with Crippen molar-refractivity contribution in [3.63, 3.8) is 0 Å². The average molecular weight is 377 g/mol. The van der Waals surface area contributed by atoms with E-state index in [1.807, 2.05) is 24.3 Å². The molecule has 2 unspecified atom stereocenters. The number of H-pyrrole nitrogens is 1. The molecule has 0 bridgehead atoms. The molecule has 0 spiro atoms. The highest BCUT2D eigenvalue weighted by Gasteiger charge is 2.38. The SMILES string of the molecule is CC1ON=C(c2cccc(Br)c2)C1C(=O)c1c[nH]c(C(=O)O)c1. The number of carbonyl (C=O) groups is 2. The molecule has 3 rings (SSSR count). The summed E-state index contributed by atoms with van der Waals surface area (Å²) in [5.41, 5.74) is 1.60. The summed E-state index contributed by atoms with van der Waals surface area (Å²) in [4.78, 5) is 31.6. The molecule has 0 saturated heterocycles. The van der Waals surface area contributed by atoms with E-state index >= 15 is 0 Å². The predicted molar refractivity (Wildman–Crippen MR) is 86.8 cm³/mol. The number of rotatable bonds is 4. The zero-order chi connectivity index (χ0) is 16.6. The minimum atomic E-state index is -1.11. The Morgan fingerprint density at radius 3 is 2.78 bits per heavy atom. The number of Topliss-reactive ketones (excluding diaryl/α,β-unsaturated/α-hetero) is 1. The van der Waals surface area contributed by atoms with Gasteiger partial charge in [-0.15, -0.1) is 0 Å². The molecule has 1 aromatic carbocycles. The number of carbonyl (C=O) groups excluding carboxylic acids is 1. The lowest BCUT2D eigenvalue weighted by atomic mass is 9.87. The number of hydrogen-bond donors (Lipinski definition) is 2. The number of carboxylic acids is 1. The van der Waals surface area contributed by atoms with Gasteiger partial charge in [0.25, 0.3) is 0 Å². The third-order valence-corrected chi connectivity index (χ3v) is 4.18. The molecule has 0 saturated carbocycles. The molecule has 2 aromatic rings. The maximum absolute atomic E-state index is 12.8. The van der Waals surface area contributed by atoms with Crippen LogP contribution in [0.25, 0.3) is 0 Å². The van der Waals surface area contributed by atoms with Gasteiger partial charge in [-0.2, -0.15) is 0 Å². The number of halogens is 1. The van der Waals surface area contributed by atoms with Crippen LogP contribution < -0.4 is 0 Å². The van der Waals surface area contributed by atoms with Gasteiger partial charge >= 0.3 is 5.97 Å². The number of aromatic nitrogens is 1. The summed E-state index contributed by atoms with van der Waals surface area (Å²) >= 11 is 3.39. The molecule has 2 heterocycles. The summed E-state index contributed by atoms with van der Waals surface area (Å²) in [6.45, 7) is 1.77. The van der Waals surface area contributed by atoms with Crippen molar-refractivity contribution in [2.24, 2.45) is 11.1 Å². The lowest BCUT2D eigenvalue weighted by molar-refractivity contribution is 0.0630. The van der Waals surface area contributed by atoms with Gasteiger partial charge in [-0.1, -0.05) is 33.2 Å². The largest absolute Gasteiger partial charge is 0.477 e. The lowest BCUT2D eigenvalue weighted by Crippen LogP contribution is -2.30. The van der Waals surface area contributed by atoms with Gasteiger partial charge in [0, 0.05) is 21.8 Å². The molecular weight excluding hydrogens is 364 g/mol. The first-order chi connectivity index (χ1) is 11.0. The van der Waals surface area contributed by atoms with Crippen LogP contribution in [0.5, 0.6) is 0 Å². The van der Waals surface area contributed by atoms with Crippen molar-refractivity contribution in [2.75, 3.05) is 0 Å². The van der Waals surface area contributed by atoms with Crippen molar-refractivity contribution in [3.05, 3.63) is 57.8 Å². The van der Waals surface area contributed by atoms with Gasteiger partial charge in [0.2, 0.25) is 0 Å². The number of nitrogens with one attached hydrogen (secondary N) is 1. The van der Waals surface area contributed by atoms with Crippen LogP contribution in [0.3, 0.4) is 0 Å². The van der Waals surface area contributed by atoms with Gasteiger partial charge in [-0.25, -0.2) is 4.79 Å². The van der Waals surface area contributed by atoms with Crippen LogP contribution in [0.4, 0.5) is 0 Å². The predicted octanol–water partition coefficient (Wildman–Crippen LogP) is 3.10. The first kappa shape index (κ1) is 15.5. The standard InChI is InChI=1S/C16H13BrN2O4/c1-8-13(15(20)10-6-12(16(21)22)18-7-10)14(19-23-8)9-3-2-4-11(17)5-9/h2-8,13,18H,1H3,(H,21,22). The van der Waals surface area contributed by atoms with Gasteiger partial charge in [-0.3, -0.25) is 4.79 Å². The average Bonchev–Trinajstić information content (AvgIpc) is 3.13. The molecule has 2 N–H and O–H groups in total. The molecule has 0 radical (unpaired) electrons. The Kier molecular flexibility index (Phi) is 4.04. The Morgan fingerprint density at radius 1 is 1.35 bits per heavy atom. The summed E-state index contributed by atoms with van der Waals surface area (Å²) < 4.78 is 0.873. The fraction of sp³-hybridized carbons (Fsp3) is 0.188. The van der Waals surface area contributed by atoms with E-state index in [9.17, 15) is 9.59 Å². The Balaban J connectivity index is 1.94. The van der Waals surface area contributed by atoms with Crippen LogP contribution >= 0.6 is 15.9 Å². The van der Waals surface area contributed by atoms with Gasteiger partial charge in [0.15, 0.2) is 5.78 Å². The number of ketones is 1. The molecule has 118 valence electrons. The highest BCUT2D eigenvalue weighted by atomic mass is 79.9. The second-order valence-electron chi connectivity index (χ2n) is 5.25. The Morgan fingerprint density at radius 2 is 2.13 bits per heavy atom. The van der Waals surface area contributed by atoms with Crippen molar-refractivity contribution < 1.29 is 19.5 Å². The van der Waals surface area contributed by atoms with E-state index in [-0.39, 0.29) is 11.5 Å². The Hall–Kier alpha value is -2.41. The second-order valence-corrected chi connectivity index (χ2v) is 6.16. The smallest absolute Gasteiger partial charge is 0.352 e. The molecule has 0 aliphatic carbocycles. The van der Waals surface area contributed by atoms with E-state index in [4.69, 9.17) is 9.94 Å². The van der Waals surface area contributed by atoms with Crippen LogP contribution in [0.15, 0.2) is 46.2 Å². The fourth-order valence-corrected chi connectivity index (χ4v) is 2.94. The van der Waals surface area contributed by atoms with Gasteiger partial charge in [0.05, 0.1) is 0 Å². The van der Waals surface area contributed by atoms with E-state index < -0.39 is 18.0 Å². The zero-order valence-corrected chi connectivity index (χ0v) is 13.7. The van der Waals surface area contributed by atoms with Crippen LogP contribution in [-0.2, 0) is 4.84 Å². The molecule has 0 fully saturated rings. The normalized spacial score (nSPS) is 20.0. The van der Waals surface area contributed by atoms with Crippen molar-refractivity contribution >= 4 is 33.4 Å². The fourth-order valence-electron chi connectivity index (χ4n) is 2.54. The minimum Gasteiger partial charge on any atom is -0.477 e. The van der Waals surface area contributed by atoms with Gasteiger partial charge in [0.1, 0.15) is 23.4 Å². The Labute approximate surface area is 140 Å². The van der Waals surface area contributed by atoms with E-state index in [1.165, 1.54) is 12.3 Å². The third-order valence-electron chi connectivity index (χ3n) is 3.68.